The fraction of sp³-hybridized carbons (Fsp3) is 0.333. The molecule has 0 spiro atoms. The number of nitrogens with zero attached hydrogens (tertiary/aromatic N) is 1. The van der Waals surface area contributed by atoms with Crippen molar-refractivity contribution in [2.45, 2.75) is 25.1 Å². The van der Waals surface area contributed by atoms with Gasteiger partial charge < -0.3 is 20.1 Å². The molecule has 2 N–H and O–H groups in total. The maximum absolute atomic E-state index is 12.9. The van der Waals surface area contributed by atoms with Crippen LogP contribution in [0.15, 0.2) is 42.6 Å². The molecule has 3 rings (SSSR count). The SMILES string of the molecule is CO[C@@H]1CN[C@H](C(=O)NCc2ccnc(Oc3ccc(F)cc3)c2)C1. The number of hydrogen-bond acceptors (Lipinski definition) is 5. The molecule has 6 nitrogen and oxygen atoms in total. The van der Waals surface area contributed by atoms with E-state index in [0.717, 1.165) is 5.56 Å². The summed E-state index contributed by atoms with van der Waals surface area (Å²) in [6.45, 7) is 1.05. The Balaban J connectivity index is 1.55. The van der Waals surface area contributed by atoms with Crippen LogP contribution in [0.3, 0.4) is 0 Å². The number of ether oxygens (including phenoxy) is 2. The molecular weight excluding hydrogens is 325 g/mol. The van der Waals surface area contributed by atoms with E-state index in [9.17, 15) is 9.18 Å². The Kier molecular flexibility index (Phi) is 5.57. The van der Waals surface area contributed by atoms with Crippen molar-refractivity contribution in [2.24, 2.45) is 0 Å². The molecule has 1 aliphatic heterocycles. The van der Waals surface area contributed by atoms with E-state index in [-0.39, 0.29) is 23.9 Å². The van der Waals surface area contributed by atoms with Gasteiger partial charge in [-0.2, -0.15) is 0 Å². The Morgan fingerprint density at radius 2 is 2.16 bits per heavy atom. The Hall–Kier alpha value is -2.51. The van der Waals surface area contributed by atoms with Gasteiger partial charge in [0.2, 0.25) is 11.8 Å². The summed E-state index contributed by atoms with van der Waals surface area (Å²) in [5.74, 6) is 0.498. The lowest BCUT2D eigenvalue weighted by molar-refractivity contribution is -0.123. The zero-order chi connectivity index (χ0) is 17.6. The van der Waals surface area contributed by atoms with Crippen LogP contribution in [0.1, 0.15) is 12.0 Å². The van der Waals surface area contributed by atoms with Crippen LogP contribution in [0.5, 0.6) is 11.6 Å². The highest BCUT2D eigenvalue weighted by Gasteiger charge is 2.28. The maximum atomic E-state index is 12.9. The molecule has 2 aromatic rings. The number of methoxy groups -OCH3 is 1. The normalized spacial score (nSPS) is 19.6. The van der Waals surface area contributed by atoms with Crippen molar-refractivity contribution >= 4 is 5.91 Å². The van der Waals surface area contributed by atoms with Crippen molar-refractivity contribution in [1.29, 1.82) is 0 Å². The second-order valence-corrected chi connectivity index (χ2v) is 5.83. The summed E-state index contributed by atoms with van der Waals surface area (Å²) in [5.41, 5.74) is 0.863. The molecule has 1 fully saturated rings. The van der Waals surface area contributed by atoms with Crippen molar-refractivity contribution in [1.82, 2.24) is 15.6 Å². The number of hydrogen-bond donors (Lipinski definition) is 2. The van der Waals surface area contributed by atoms with Crippen LogP contribution >= 0.6 is 0 Å². The summed E-state index contributed by atoms with van der Waals surface area (Å²) < 4.78 is 23.7. The number of nitrogens with one attached hydrogen (secondary N) is 2. The average Bonchev–Trinajstić information content (AvgIpc) is 3.11. The highest BCUT2D eigenvalue weighted by molar-refractivity contribution is 5.82. The Labute approximate surface area is 145 Å². The van der Waals surface area contributed by atoms with Gasteiger partial charge in [-0.05, 0) is 42.3 Å². The Morgan fingerprint density at radius 3 is 2.88 bits per heavy atom. The van der Waals surface area contributed by atoms with Crippen molar-refractivity contribution in [3.8, 4) is 11.6 Å². The van der Waals surface area contributed by atoms with E-state index in [4.69, 9.17) is 9.47 Å². The van der Waals surface area contributed by atoms with E-state index in [1.807, 2.05) is 0 Å². The number of pyridine rings is 1. The first-order valence-electron chi connectivity index (χ1n) is 8.06. The topological polar surface area (TPSA) is 72.5 Å². The number of rotatable bonds is 6. The maximum Gasteiger partial charge on any atom is 0.237 e. The molecule has 1 saturated heterocycles. The zero-order valence-electron chi connectivity index (χ0n) is 13.9. The molecule has 132 valence electrons. The van der Waals surface area contributed by atoms with Gasteiger partial charge in [-0.1, -0.05) is 0 Å². The van der Waals surface area contributed by atoms with E-state index in [2.05, 4.69) is 15.6 Å². The van der Waals surface area contributed by atoms with Crippen LogP contribution in [0.25, 0.3) is 0 Å². The third kappa shape index (κ3) is 4.74. The molecule has 0 radical (unpaired) electrons. The number of halogens is 1. The molecule has 2 heterocycles. The van der Waals surface area contributed by atoms with Crippen LogP contribution in [-0.2, 0) is 16.1 Å². The van der Waals surface area contributed by atoms with Crippen molar-refractivity contribution in [3.63, 3.8) is 0 Å². The van der Waals surface area contributed by atoms with Crippen LogP contribution in [0, 0.1) is 5.82 Å². The van der Waals surface area contributed by atoms with Crippen LogP contribution in [0.2, 0.25) is 0 Å². The van der Waals surface area contributed by atoms with Crippen LogP contribution in [-0.4, -0.2) is 36.7 Å². The smallest absolute Gasteiger partial charge is 0.237 e. The fourth-order valence-corrected chi connectivity index (χ4v) is 2.63. The molecule has 1 aromatic carbocycles. The lowest BCUT2D eigenvalue weighted by atomic mass is 10.2. The molecule has 1 aliphatic rings. The largest absolute Gasteiger partial charge is 0.439 e. The monoisotopic (exact) mass is 345 g/mol. The van der Waals surface area contributed by atoms with Gasteiger partial charge in [0.1, 0.15) is 11.6 Å². The number of amides is 1. The average molecular weight is 345 g/mol. The third-order valence-electron chi connectivity index (χ3n) is 4.04. The molecule has 25 heavy (non-hydrogen) atoms. The van der Waals surface area contributed by atoms with Crippen molar-refractivity contribution < 1.29 is 18.7 Å². The third-order valence-corrected chi connectivity index (χ3v) is 4.04. The minimum Gasteiger partial charge on any atom is -0.439 e. The minimum atomic E-state index is -0.326. The quantitative estimate of drug-likeness (QED) is 0.838. The van der Waals surface area contributed by atoms with Gasteiger partial charge in [0.25, 0.3) is 0 Å². The molecule has 1 aromatic heterocycles. The molecule has 0 unspecified atom stereocenters. The van der Waals surface area contributed by atoms with E-state index >= 15 is 0 Å². The molecule has 0 saturated carbocycles. The summed E-state index contributed by atoms with van der Waals surface area (Å²) in [7, 11) is 1.65. The zero-order valence-corrected chi connectivity index (χ0v) is 13.9. The van der Waals surface area contributed by atoms with Crippen LogP contribution < -0.4 is 15.4 Å². The molecule has 0 bridgehead atoms. The predicted molar refractivity (Wildman–Crippen MR) is 89.8 cm³/mol. The Bertz CT molecular complexity index is 724. The number of aromatic nitrogens is 1. The molecule has 2 atom stereocenters. The summed E-state index contributed by atoms with van der Waals surface area (Å²) in [6.07, 6.45) is 2.35. The van der Waals surface area contributed by atoms with Crippen molar-refractivity contribution in [2.75, 3.05) is 13.7 Å². The van der Waals surface area contributed by atoms with E-state index in [1.165, 1.54) is 24.3 Å². The van der Waals surface area contributed by atoms with E-state index in [1.54, 1.807) is 25.4 Å². The minimum absolute atomic E-state index is 0.0580. The first-order chi connectivity index (χ1) is 12.1. The molecule has 7 heteroatoms. The fourth-order valence-electron chi connectivity index (χ4n) is 2.63. The lowest BCUT2D eigenvalue weighted by Crippen LogP contribution is -2.40. The highest BCUT2D eigenvalue weighted by Crippen LogP contribution is 2.20. The predicted octanol–water partition coefficient (Wildman–Crippen LogP) is 2.01. The first-order valence-corrected chi connectivity index (χ1v) is 8.06. The van der Waals surface area contributed by atoms with Crippen LogP contribution in [0.4, 0.5) is 4.39 Å². The molecular formula is C18H20FN3O3. The lowest BCUT2D eigenvalue weighted by Gasteiger charge is -2.12. The number of benzene rings is 1. The second kappa shape index (κ2) is 8.04. The van der Waals surface area contributed by atoms with Gasteiger partial charge in [-0.25, -0.2) is 9.37 Å². The van der Waals surface area contributed by atoms with E-state index in [0.29, 0.717) is 31.1 Å². The summed E-state index contributed by atoms with van der Waals surface area (Å²) in [5, 5.41) is 6.03. The number of carbonyl (C=O) groups is 1. The second-order valence-electron chi connectivity index (χ2n) is 5.83. The van der Waals surface area contributed by atoms with E-state index < -0.39 is 0 Å². The summed E-state index contributed by atoms with van der Waals surface area (Å²) >= 11 is 0. The molecule has 1 amide bonds. The van der Waals surface area contributed by atoms with Gasteiger partial charge >= 0.3 is 0 Å². The summed E-state index contributed by atoms with van der Waals surface area (Å²) in [4.78, 5) is 16.3. The van der Waals surface area contributed by atoms with Gasteiger partial charge in [-0.3, -0.25) is 4.79 Å². The Morgan fingerprint density at radius 1 is 1.36 bits per heavy atom. The van der Waals surface area contributed by atoms with Gasteiger partial charge in [0.05, 0.1) is 12.1 Å². The van der Waals surface area contributed by atoms with Gasteiger partial charge in [0.15, 0.2) is 0 Å². The number of carbonyl (C=O) groups excluding carboxylic acids is 1. The first kappa shape index (κ1) is 17.3. The molecule has 0 aliphatic carbocycles. The van der Waals surface area contributed by atoms with Gasteiger partial charge in [0, 0.05) is 32.5 Å². The highest BCUT2D eigenvalue weighted by atomic mass is 19.1. The van der Waals surface area contributed by atoms with Gasteiger partial charge in [-0.15, -0.1) is 0 Å². The summed E-state index contributed by atoms with van der Waals surface area (Å²) in [6, 6.07) is 9.01. The van der Waals surface area contributed by atoms with Crippen molar-refractivity contribution in [3.05, 3.63) is 54.0 Å². The standard InChI is InChI=1S/C18H20FN3O3/c1-24-15-9-16(21-11-15)18(23)22-10-12-6-7-20-17(8-12)25-14-4-2-13(19)3-5-14/h2-8,15-16,21H,9-11H2,1H3,(H,22,23)/t15-,16-/m0/s1.